The Bertz CT molecular complexity index is 1480. The van der Waals surface area contributed by atoms with Gasteiger partial charge in [0.1, 0.15) is 12.4 Å². The molecule has 0 fully saturated rings. The van der Waals surface area contributed by atoms with Crippen LogP contribution in [0, 0.1) is 13.8 Å². The minimum Gasteiger partial charge on any atom is -0.315 e. The highest BCUT2D eigenvalue weighted by Gasteiger charge is 2.30. The Kier molecular flexibility index (Phi) is 9.11. The molecule has 0 saturated carbocycles. The number of aromatic nitrogens is 2. The van der Waals surface area contributed by atoms with Crippen LogP contribution in [-0.4, -0.2) is 39.7 Å². The van der Waals surface area contributed by atoms with Gasteiger partial charge in [-0.3, -0.25) is 4.79 Å². The van der Waals surface area contributed by atoms with Crippen LogP contribution in [0.4, 0.5) is 29.5 Å². The van der Waals surface area contributed by atoms with E-state index in [2.05, 4.69) is 10.6 Å². The fourth-order valence-electron chi connectivity index (χ4n) is 4.36. The first-order chi connectivity index (χ1) is 19.6. The van der Waals surface area contributed by atoms with Gasteiger partial charge in [0.05, 0.1) is 16.9 Å². The Morgan fingerprint density at radius 3 is 2.17 bits per heavy atom. The van der Waals surface area contributed by atoms with Gasteiger partial charge in [-0.1, -0.05) is 61.4 Å². The van der Waals surface area contributed by atoms with E-state index in [0.29, 0.717) is 12.2 Å². The normalized spacial score (nSPS) is 11.3. The van der Waals surface area contributed by atoms with Crippen LogP contribution in [0.1, 0.15) is 36.6 Å². The molecule has 3 amide bonds. The maximum absolute atomic E-state index is 13.4. The van der Waals surface area contributed by atoms with Crippen molar-refractivity contribution in [1.29, 1.82) is 0 Å². The summed E-state index contributed by atoms with van der Waals surface area (Å²) in [4.78, 5) is 27.9. The zero-order valence-electron chi connectivity index (χ0n) is 23.1. The van der Waals surface area contributed by atoms with Gasteiger partial charge in [-0.05, 0) is 62.2 Å². The van der Waals surface area contributed by atoms with Crippen molar-refractivity contribution in [3.63, 3.8) is 0 Å². The maximum atomic E-state index is 13.4. The molecule has 1 heterocycles. The molecule has 0 aliphatic carbocycles. The highest BCUT2D eigenvalue weighted by Crippen LogP contribution is 2.33. The van der Waals surface area contributed by atoms with Gasteiger partial charge in [0.25, 0.3) is 0 Å². The van der Waals surface area contributed by atoms with E-state index in [-0.39, 0.29) is 18.8 Å². The molecule has 214 valence electrons. The number of nitrogens with zero attached hydrogens (tertiary/aromatic N) is 3. The number of aryl methyl sites for hydroxylation is 2. The van der Waals surface area contributed by atoms with Crippen LogP contribution in [0.5, 0.6) is 0 Å². The van der Waals surface area contributed by atoms with E-state index in [1.54, 1.807) is 4.68 Å². The first kappa shape index (κ1) is 29.4. The summed E-state index contributed by atoms with van der Waals surface area (Å²) in [5.74, 6) is 0.0373. The van der Waals surface area contributed by atoms with Gasteiger partial charge in [0.15, 0.2) is 0 Å². The average molecular weight is 564 g/mol. The number of hydrogen-bond donors (Lipinski definition) is 2. The van der Waals surface area contributed by atoms with E-state index in [1.807, 2.05) is 75.4 Å². The predicted octanol–water partition coefficient (Wildman–Crippen LogP) is 7.45. The molecule has 0 aliphatic heterocycles. The molecule has 0 radical (unpaired) electrons. The number of rotatable bonds is 9. The summed E-state index contributed by atoms with van der Waals surface area (Å²) in [6.45, 7) is 5.84. The standard InChI is InChI=1S/C31H32F3N5O2/c1-4-5-19-38(30(41)35-25-15-13-24(14-16-25)31(32,33)34)20-27(40)36-29-28(23-9-7-6-8-10-23)22(3)37-39(29)26-17-11-21(2)12-18-26/h6-18H,4-5,19-20H2,1-3H3,(H,35,41)(H,36,40). The molecule has 0 spiro atoms. The van der Waals surface area contributed by atoms with E-state index in [1.165, 1.54) is 17.0 Å². The smallest absolute Gasteiger partial charge is 0.315 e. The van der Waals surface area contributed by atoms with Gasteiger partial charge in [0, 0.05) is 17.8 Å². The fourth-order valence-corrected chi connectivity index (χ4v) is 4.36. The third kappa shape index (κ3) is 7.33. The summed E-state index contributed by atoms with van der Waals surface area (Å²) in [5, 5.41) is 10.3. The molecule has 4 rings (SSSR count). The number of hydrogen-bond acceptors (Lipinski definition) is 3. The lowest BCUT2D eigenvalue weighted by atomic mass is 10.1. The largest absolute Gasteiger partial charge is 0.416 e. The highest BCUT2D eigenvalue weighted by atomic mass is 19.4. The second-order valence-electron chi connectivity index (χ2n) is 9.75. The lowest BCUT2D eigenvalue weighted by Gasteiger charge is -2.23. The number of nitrogens with one attached hydrogen (secondary N) is 2. The van der Waals surface area contributed by atoms with Gasteiger partial charge in [-0.15, -0.1) is 0 Å². The second-order valence-corrected chi connectivity index (χ2v) is 9.75. The summed E-state index contributed by atoms with van der Waals surface area (Å²) in [5.41, 5.74) is 3.58. The number of amides is 3. The molecule has 3 aromatic carbocycles. The van der Waals surface area contributed by atoms with Crippen LogP contribution in [0.2, 0.25) is 0 Å². The van der Waals surface area contributed by atoms with Crippen molar-refractivity contribution < 1.29 is 22.8 Å². The van der Waals surface area contributed by atoms with E-state index >= 15 is 0 Å². The van der Waals surface area contributed by atoms with Crippen molar-refractivity contribution >= 4 is 23.4 Å². The minimum atomic E-state index is -4.48. The van der Waals surface area contributed by atoms with Crippen LogP contribution in [0.25, 0.3) is 16.8 Å². The van der Waals surface area contributed by atoms with Crippen molar-refractivity contribution in [2.24, 2.45) is 0 Å². The van der Waals surface area contributed by atoms with Gasteiger partial charge in [-0.25, -0.2) is 9.48 Å². The number of halogens is 3. The van der Waals surface area contributed by atoms with Crippen molar-refractivity contribution in [3.8, 4) is 16.8 Å². The number of anilines is 2. The van der Waals surface area contributed by atoms with E-state index in [9.17, 15) is 22.8 Å². The lowest BCUT2D eigenvalue weighted by Crippen LogP contribution is -2.41. The van der Waals surface area contributed by atoms with Crippen molar-refractivity contribution in [2.45, 2.75) is 39.8 Å². The van der Waals surface area contributed by atoms with E-state index < -0.39 is 23.7 Å². The second kappa shape index (κ2) is 12.7. The molecule has 2 N–H and O–H groups in total. The lowest BCUT2D eigenvalue weighted by molar-refractivity contribution is -0.137. The van der Waals surface area contributed by atoms with Crippen molar-refractivity contribution in [2.75, 3.05) is 23.7 Å². The minimum absolute atomic E-state index is 0.198. The van der Waals surface area contributed by atoms with Crippen LogP contribution in [0.3, 0.4) is 0 Å². The van der Waals surface area contributed by atoms with Crippen LogP contribution >= 0.6 is 0 Å². The Hall–Kier alpha value is -4.60. The van der Waals surface area contributed by atoms with Crippen molar-refractivity contribution in [1.82, 2.24) is 14.7 Å². The Morgan fingerprint density at radius 1 is 0.902 bits per heavy atom. The van der Waals surface area contributed by atoms with E-state index in [4.69, 9.17) is 5.10 Å². The van der Waals surface area contributed by atoms with Gasteiger partial charge < -0.3 is 15.5 Å². The number of carbonyl (C=O) groups excluding carboxylic acids is 2. The number of unbranched alkanes of at least 4 members (excludes halogenated alkanes) is 1. The molecule has 4 aromatic rings. The Balaban J connectivity index is 1.59. The Labute approximate surface area is 237 Å². The number of urea groups is 1. The highest BCUT2D eigenvalue weighted by molar-refractivity contribution is 5.99. The summed E-state index contributed by atoms with van der Waals surface area (Å²) >= 11 is 0. The molecule has 10 heteroatoms. The van der Waals surface area contributed by atoms with Crippen LogP contribution < -0.4 is 10.6 Å². The SMILES string of the molecule is CCCCN(CC(=O)Nc1c(-c2ccccc2)c(C)nn1-c1ccc(C)cc1)C(=O)Nc1ccc(C(F)(F)F)cc1. The maximum Gasteiger partial charge on any atom is 0.416 e. The first-order valence-corrected chi connectivity index (χ1v) is 13.3. The van der Waals surface area contributed by atoms with Gasteiger partial charge >= 0.3 is 12.2 Å². The van der Waals surface area contributed by atoms with Gasteiger partial charge in [-0.2, -0.15) is 18.3 Å². The molecule has 0 aliphatic rings. The monoisotopic (exact) mass is 563 g/mol. The molecule has 7 nitrogen and oxygen atoms in total. The summed E-state index contributed by atoms with van der Waals surface area (Å²) in [7, 11) is 0. The predicted molar refractivity (Wildman–Crippen MR) is 154 cm³/mol. The molecule has 41 heavy (non-hydrogen) atoms. The van der Waals surface area contributed by atoms with Crippen LogP contribution in [-0.2, 0) is 11.0 Å². The molecular formula is C31H32F3N5O2. The summed E-state index contributed by atoms with van der Waals surface area (Å²) < 4.78 is 40.4. The third-order valence-electron chi connectivity index (χ3n) is 6.53. The Morgan fingerprint density at radius 2 is 1.56 bits per heavy atom. The number of benzene rings is 3. The molecule has 0 atom stereocenters. The quantitative estimate of drug-likeness (QED) is 0.222. The number of alkyl halides is 3. The van der Waals surface area contributed by atoms with Crippen LogP contribution in [0.15, 0.2) is 78.9 Å². The zero-order chi connectivity index (χ0) is 29.6. The fraction of sp³-hybridized carbons (Fsp3) is 0.258. The molecular weight excluding hydrogens is 531 g/mol. The van der Waals surface area contributed by atoms with Crippen molar-refractivity contribution in [3.05, 3.63) is 95.7 Å². The third-order valence-corrected chi connectivity index (χ3v) is 6.53. The topological polar surface area (TPSA) is 79.3 Å². The van der Waals surface area contributed by atoms with E-state index in [0.717, 1.165) is 46.6 Å². The molecule has 0 bridgehead atoms. The summed E-state index contributed by atoms with van der Waals surface area (Å²) in [6.07, 6.45) is -3.05. The first-order valence-electron chi connectivity index (χ1n) is 13.3. The average Bonchev–Trinajstić information content (AvgIpc) is 3.26. The number of carbonyl (C=O) groups is 2. The molecule has 1 aromatic heterocycles. The molecule has 0 unspecified atom stereocenters. The molecule has 0 saturated heterocycles. The zero-order valence-corrected chi connectivity index (χ0v) is 23.1. The summed E-state index contributed by atoms with van der Waals surface area (Å²) in [6, 6.07) is 20.9. The van der Waals surface area contributed by atoms with Gasteiger partial charge in [0.2, 0.25) is 5.91 Å².